The van der Waals surface area contributed by atoms with Crippen molar-refractivity contribution in [1.82, 2.24) is 14.8 Å². The number of rotatable bonds is 7. The van der Waals surface area contributed by atoms with Gasteiger partial charge in [-0.15, -0.1) is 0 Å². The molecule has 3 heterocycles. The van der Waals surface area contributed by atoms with E-state index in [4.69, 9.17) is 0 Å². The minimum Gasteiger partial charge on any atom is -0.396 e. The van der Waals surface area contributed by atoms with Crippen LogP contribution in [0, 0.1) is 23.6 Å². The molecule has 36 heavy (non-hydrogen) atoms. The number of pyridine rings is 1. The van der Waals surface area contributed by atoms with Gasteiger partial charge in [0, 0.05) is 54.9 Å². The number of hydrogen-bond acceptors (Lipinski definition) is 4. The monoisotopic (exact) mass is 491 g/mol. The zero-order valence-corrected chi connectivity index (χ0v) is 20.5. The van der Waals surface area contributed by atoms with Gasteiger partial charge < -0.3 is 15.0 Å². The lowest BCUT2D eigenvalue weighted by molar-refractivity contribution is -0.128. The van der Waals surface area contributed by atoms with Crippen LogP contribution in [0.25, 0.3) is 5.57 Å². The molecular weight excluding hydrogens is 457 g/mol. The van der Waals surface area contributed by atoms with Crippen molar-refractivity contribution in [3.05, 3.63) is 75.5 Å². The fraction of sp³-hybridized carbons (Fsp3) is 0.517. The van der Waals surface area contributed by atoms with Gasteiger partial charge in [-0.3, -0.25) is 14.5 Å². The molecule has 2 fully saturated rings. The van der Waals surface area contributed by atoms with Gasteiger partial charge in [-0.2, -0.15) is 0 Å². The van der Waals surface area contributed by atoms with Crippen molar-refractivity contribution < 1.29 is 14.3 Å². The smallest absolute Gasteiger partial charge is 0.258 e. The number of allylic oxidation sites excluding steroid dienone is 2. The van der Waals surface area contributed by atoms with Crippen LogP contribution in [0.4, 0.5) is 4.39 Å². The number of carbonyl (C=O) groups excluding carboxylic acids is 1. The van der Waals surface area contributed by atoms with Crippen LogP contribution in [0.2, 0.25) is 0 Å². The second-order valence-electron chi connectivity index (χ2n) is 10.9. The molecule has 1 saturated carbocycles. The first-order valence-corrected chi connectivity index (χ1v) is 13.4. The zero-order valence-electron chi connectivity index (χ0n) is 20.5. The highest BCUT2D eigenvalue weighted by atomic mass is 19.1. The van der Waals surface area contributed by atoms with Crippen molar-refractivity contribution in [2.75, 3.05) is 13.2 Å². The van der Waals surface area contributed by atoms with Gasteiger partial charge in [0.15, 0.2) is 0 Å². The Morgan fingerprint density at radius 1 is 1.14 bits per heavy atom. The third-order valence-corrected chi connectivity index (χ3v) is 8.67. The third kappa shape index (κ3) is 4.12. The number of carbonyl (C=O) groups is 1. The molecule has 1 amide bonds. The molecule has 0 radical (unpaired) electrons. The van der Waals surface area contributed by atoms with Crippen LogP contribution >= 0.6 is 0 Å². The number of fused-ring (bicyclic) bond motifs is 3. The SMILES string of the molecule is O=C(NCC1CC1)[C@H]1[C@H](CO)[C@H]2Cn3c(ccc(C4=CCCCC4)c3=O)[C@H]2N1Cc1ccccc1F. The summed E-state index contributed by atoms with van der Waals surface area (Å²) in [4.78, 5) is 29.1. The molecule has 190 valence electrons. The first-order valence-electron chi connectivity index (χ1n) is 13.4. The molecule has 0 spiro atoms. The van der Waals surface area contributed by atoms with E-state index in [0.717, 1.165) is 55.4 Å². The topological polar surface area (TPSA) is 74.6 Å². The molecule has 6 rings (SSSR count). The molecule has 1 aromatic carbocycles. The maximum absolute atomic E-state index is 14.7. The van der Waals surface area contributed by atoms with Crippen LogP contribution in [-0.4, -0.2) is 39.7 Å². The van der Waals surface area contributed by atoms with E-state index < -0.39 is 6.04 Å². The first kappa shape index (κ1) is 23.6. The molecule has 1 saturated heterocycles. The lowest BCUT2D eigenvalue weighted by Gasteiger charge is -2.31. The molecule has 4 atom stereocenters. The van der Waals surface area contributed by atoms with Gasteiger partial charge >= 0.3 is 0 Å². The van der Waals surface area contributed by atoms with E-state index in [1.54, 1.807) is 18.2 Å². The summed E-state index contributed by atoms with van der Waals surface area (Å²) in [5.74, 6) is -0.313. The molecule has 2 aromatic rings. The lowest BCUT2D eigenvalue weighted by Crippen LogP contribution is -2.48. The van der Waals surface area contributed by atoms with Gasteiger partial charge in [-0.25, -0.2) is 4.39 Å². The van der Waals surface area contributed by atoms with Crippen LogP contribution < -0.4 is 10.9 Å². The van der Waals surface area contributed by atoms with Gasteiger partial charge in [0.25, 0.3) is 5.56 Å². The average molecular weight is 492 g/mol. The van der Waals surface area contributed by atoms with Crippen molar-refractivity contribution in [3.8, 4) is 0 Å². The van der Waals surface area contributed by atoms with E-state index in [0.29, 0.717) is 24.6 Å². The van der Waals surface area contributed by atoms with Crippen LogP contribution in [0.3, 0.4) is 0 Å². The number of nitrogens with zero attached hydrogens (tertiary/aromatic N) is 2. The largest absolute Gasteiger partial charge is 0.396 e. The van der Waals surface area contributed by atoms with Crippen LogP contribution in [0.1, 0.15) is 61.4 Å². The Balaban J connectivity index is 1.39. The molecule has 0 bridgehead atoms. The van der Waals surface area contributed by atoms with Crippen molar-refractivity contribution in [2.45, 2.75) is 63.7 Å². The maximum Gasteiger partial charge on any atom is 0.258 e. The van der Waals surface area contributed by atoms with Crippen molar-refractivity contribution in [2.24, 2.45) is 17.8 Å². The molecule has 6 nitrogen and oxygen atoms in total. The molecule has 2 aliphatic heterocycles. The number of likely N-dealkylation sites (tertiary alicyclic amines) is 1. The van der Waals surface area contributed by atoms with Gasteiger partial charge in [-0.05, 0) is 68.2 Å². The standard InChI is InChI=1S/C29H34FN3O3/c30-24-9-5-4-8-20(24)15-33-26-22(23(17-34)27(33)28(35)31-14-18-10-11-18)16-32-25(26)13-12-21(29(32)36)19-6-2-1-3-7-19/h4-6,8-9,12-13,18,22-23,26-27,34H,1-3,7,10-11,14-17H2,(H,31,35)/t22-,23-,26+,27-/m1/s1. The Morgan fingerprint density at radius 3 is 2.69 bits per heavy atom. The number of hydrogen-bond donors (Lipinski definition) is 2. The van der Waals surface area contributed by atoms with Crippen molar-refractivity contribution >= 4 is 11.5 Å². The van der Waals surface area contributed by atoms with Gasteiger partial charge in [-0.1, -0.05) is 24.3 Å². The Bertz CT molecular complexity index is 1250. The summed E-state index contributed by atoms with van der Waals surface area (Å²) < 4.78 is 16.6. The van der Waals surface area contributed by atoms with E-state index in [1.807, 2.05) is 21.6 Å². The number of nitrogens with one attached hydrogen (secondary N) is 1. The summed E-state index contributed by atoms with van der Waals surface area (Å²) in [6.07, 6.45) is 8.63. The molecule has 4 aliphatic rings. The highest BCUT2D eigenvalue weighted by Gasteiger charge is 2.55. The molecule has 0 unspecified atom stereocenters. The van der Waals surface area contributed by atoms with Crippen LogP contribution in [-0.2, 0) is 17.9 Å². The molecule has 2 aliphatic carbocycles. The first-order chi connectivity index (χ1) is 17.6. The highest BCUT2D eigenvalue weighted by molar-refractivity contribution is 5.83. The predicted molar refractivity (Wildman–Crippen MR) is 135 cm³/mol. The summed E-state index contributed by atoms with van der Waals surface area (Å²) >= 11 is 0. The highest BCUT2D eigenvalue weighted by Crippen LogP contribution is 2.50. The number of aliphatic hydroxyl groups is 1. The Labute approximate surface area is 210 Å². The minimum absolute atomic E-state index is 0.00677. The molecule has 2 N–H and O–H groups in total. The Hall–Kier alpha value is -2.77. The second-order valence-corrected chi connectivity index (χ2v) is 10.9. The summed E-state index contributed by atoms with van der Waals surface area (Å²) in [6.45, 7) is 1.19. The number of aromatic nitrogens is 1. The maximum atomic E-state index is 14.7. The van der Waals surface area contributed by atoms with Crippen molar-refractivity contribution in [1.29, 1.82) is 0 Å². The fourth-order valence-electron chi connectivity index (χ4n) is 6.61. The van der Waals surface area contributed by atoms with Crippen LogP contribution in [0.15, 0.2) is 47.3 Å². The summed E-state index contributed by atoms with van der Waals surface area (Å²) in [6, 6.07) is 9.78. The Kier molecular flexibility index (Phi) is 6.30. The zero-order chi connectivity index (χ0) is 24.8. The summed E-state index contributed by atoms with van der Waals surface area (Å²) in [5, 5.41) is 13.6. The minimum atomic E-state index is -0.576. The second kappa shape index (κ2) is 9.60. The van der Waals surface area contributed by atoms with Crippen molar-refractivity contribution in [3.63, 3.8) is 0 Å². The predicted octanol–water partition coefficient (Wildman–Crippen LogP) is 3.63. The van der Waals surface area contributed by atoms with E-state index in [9.17, 15) is 19.1 Å². The quantitative estimate of drug-likeness (QED) is 0.620. The molecule has 7 heteroatoms. The lowest BCUT2D eigenvalue weighted by atomic mass is 9.88. The van der Waals surface area contributed by atoms with E-state index in [-0.39, 0.29) is 48.3 Å². The van der Waals surface area contributed by atoms with Crippen LogP contribution in [0.5, 0.6) is 0 Å². The van der Waals surface area contributed by atoms with Gasteiger partial charge in [0.1, 0.15) is 5.82 Å². The number of benzene rings is 1. The number of halogens is 1. The fourth-order valence-corrected chi connectivity index (χ4v) is 6.61. The average Bonchev–Trinajstić information content (AvgIpc) is 3.57. The number of aliphatic hydroxyl groups excluding tert-OH is 1. The van der Waals surface area contributed by atoms with E-state index in [2.05, 4.69) is 11.4 Å². The molecular formula is C29H34FN3O3. The summed E-state index contributed by atoms with van der Waals surface area (Å²) in [5.41, 5.74) is 3.26. The van der Waals surface area contributed by atoms with Gasteiger partial charge in [0.2, 0.25) is 5.91 Å². The van der Waals surface area contributed by atoms with E-state index >= 15 is 0 Å². The Morgan fingerprint density at radius 2 is 1.97 bits per heavy atom. The molecule has 1 aromatic heterocycles. The third-order valence-electron chi connectivity index (χ3n) is 8.67. The normalized spacial score (nSPS) is 27.4. The summed E-state index contributed by atoms with van der Waals surface area (Å²) in [7, 11) is 0. The van der Waals surface area contributed by atoms with Gasteiger partial charge in [0.05, 0.1) is 12.1 Å². The number of amides is 1. The van der Waals surface area contributed by atoms with E-state index in [1.165, 1.54) is 6.07 Å².